The van der Waals surface area contributed by atoms with Gasteiger partial charge in [-0.15, -0.1) is 0 Å². The molecule has 1 fully saturated rings. The average molecular weight is 269 g/mol. The van der Waals surface area contributed by atoms with Crippen molar-refractivity contribution in [3.05, 3.63) is 42.1 Å². The minimum Gasteiger partial charge on any atom is -0.399 e. The van der Waals surface area contributed by atoms with Crippen LogP contribution in [0.4, 0.5) is 11.5 Å². The Morgan fingerprint density at radius 1 is 1.15 bits per heavy atom. The van der Waals surface area contributed by atoms with Crippen molar-refractivity contribution in [2.75, 3.05) is 36.9 Å². The van der Waals surface area contributed by atoms with E-state index in [4.69, 9.17) is 10.5 Å². The van der Waals surface area contributed by atoms with Crippen LogP contribution >= 0.6 is 0 Å². The lowest BCUT2D eigenvalue weighted by molar-refractivity contribution is 0.122. The zero-order chi connectivity index (χ0) is 13.9. The molecule has 0 amide bonds. The van der Waals surface area contributed by atoms with Gasteiger partial charge in [-0.05, 0) is 36.2 Å². The fourth-order valence-corrected chi connectivity index (χ4v) is 2.55. The molecule has 2 heterocycles. The Hall–Kier alpha value is -2.07. The highest BCUT2D eigenvalue weighted by Crippen LogP contribution is 2.26. The lowest BCUT2D eigenvalue weighted by atomic mass is 10.1. The summed E-state index contributed by atoms with van der Waals surface area (Å²) < 4.78 is 5.38. The maximum absolute atomic E-state index is 5.84. The molecule has 0 unspecified atom stereocenters. The molecule has 0 aliphatic carbocycles. The van der Waals surface area contributed by atoms with Gasteiger partial charge in [-0.25, -0.2) is 4.98 Å². The van der Waals surface area contributed by atoms with Crippen LogP contribution in [0.2, 0.25) is 0 Å². The number of nitrogen functional groups attached to an aromatic ring is 1. The molecule has 0 atom stereocenters. The molecule has 2 aromatic rings. The maximum Gasteiger partial charge on any atom is 0.131 e. The molecule has 0 saturated carbocycles. The van der Waals surface area contributed by atoms with E-state index < -0.39 is 0 Å². The minimum absolute atomic E-state index is 0.775. The van der Waals surface area contributed by atoms with E-state index in [0.717, 1.165) is 48.9 Å². The summed E-state index contributed by atoms with van der Waals surface area (Å²) in [6.45, 7) is 5.47. The van der Waals surface area contributed by atoms with E-state index in [2.05, 4.69) is 28.9 Å². The van der Waals surface area contributed by atoms with Crippen LogP contribution in [0, 0.1) is 6.92 Å². The first-order valence-corrected chi connectivity index (χ1v) is 6.89. The maximum atomic E-state index is 5.84. The van der Waals surface area contributed by atoms with Crippen LogP contribution in [-0.4, -0.2) is 31.3 Å². The third-order valence-electron chi connectivity index (χ3n) is 3.58. The molecule has 4 heteroatoms. The van der Waals surface area contributed by atoms with Crippen molar-refractivity contribution < 1.29 is 4.74 Å². The monoisotopic (exact) mass is 269 g/mol. The number of benzene rings is 1. The summed E-state index contributed by atoms with van der Waals surface area (Å²) in [5.74, 6) is 1.06. The average Bonchev–Trinajstić information content (AvgIpc) is 2.48. The third kappa shape index (κ3) is 2.60. The van der Waals surface area contributed by atoms with Crippen molar-refractivity contribution in [3.63, 3.8) is 0 Å². The van der Waals surface area contributed by atoms with Crippen LogP contribution in [-0.2, 0) is 4.74 Å². The standard InChI is InChI=1S/C16H19N3O/c1-12-9-14(13-3-2-4-15(17)10-13)11-18-16(12)19-5-7-20-8-6-19/h2-4,9-11H,5-8,17H2,1H3. The van der Waals surface area contributed by atoms with Crippen LogP contribution in [0.3, 0.4) is 0 Å². The molecule has 1 aliphatic rings. The van der Waals surface area contributed by atoms with Gasteiger partial charge < -0.3 is 15.4 Å². The van der Waals surface area contributed by atoms with Gasteiger partial charge in [-0.2, -0.15) is 0 Å². The molecule has 4 nitrogen and oxygen atoms in total. The Kier molecular flexibility index (Phi) is 3.56. The minimum atomic E-state index is 0.775. The molecule has 1 aliphatic heterocycles. The van der Waals surface area contributed by atoms with Crippen LogP contribution in [0.15, 0.2) is 36.5 Å². The Bertz CT molecular complexity index is 606. The molecule has 1 aromatic carbocycles. The molecule has 104 valence electrons. The van der Waals surface area contributed by atoms with Gasteiger partial charge in [0.1, 0.15) is 5.82 Å². The number of aromatic nitrogens is 1. The van der Waals surface area contributed by atoms with E-state index in [1.54, 1.807) is 0 Å². The van der Waals surface area contributed by atoms with E-state index in [0.29, 0.717) is 0 Å². The van der Waals surface area contributed by atoms with E-state index >= 15 is 0 Å². The van der Waals surface area contributed by atoms with Gasteiger partial charge in [-0.1, -0.05) is 12.1 Å². The SMILES string of the molecule is Cc1cc(-c2cccc(N)c2)cnc1N1CCOCC1. The molecule has 0 radical (unpaired) electrons. The summed E-state index contributed by atoms with van der Waals surface area (Å²) in [5.41, 5.74) is 10.0. The number of aryl methyl sites for hydroxylation is 1. The van der Waals surface area contributed by atoms with Crippen LogP contribution < -0.4 is 10.6 Å². The summed E-state index contributed by atoms with van der Waals surface area (Å²) in [6, 6.07) is 10.1. The number of pyridine rings is 1. The molecule has 20 heavy (non-hydrogen) atoms. The van der Waals surface area contributed by atoms with Crippen molar-refractivity contribution in [2.45, 2.75) is 6.92 Å². The van der Waals surface area contributed by atoms with Crippen molar-refractivity contribution in [3.8, 4) is 11.1 Å². The number of nitrogens with zero attached hydrogens (tertiary/aromatic N) is 2. The summed E-state index contributed by atoms with van der Waals surface area (Å²) >= 11 is 0. The lowest BCUT2D eigenvalue weighted by Crippen LogP contribution is -2.37. The number of nitrogens with two attached hydrogens (primary N) is 1. The number of anilines is 2. The number of hydrogen-bond acceptors (Lipinski definition) is 4. The lowest BCUT2D eigenvalue weighted by Gasteiger charge is -2.29. The van der Waals surface area contributed by atoms with Crippen molar-refractivity contribution in [1.82, 2.24) is 4.98 Å². The van der Waals surface area contributed by atoms with Gasteiger partial charge in [-0.3, -0.25) is 0 Å². The Labute approximate surface area is 119 Å². The van der Waals surface area contributed by atoms with E-state index in [1.807, 2.05) is 24.4 Å². The Morgan fingerprint density at radius 2 is 1.95 bits per heavy atom. The molecule has 3 rings (SSSR count). The Balaban J connectivity index is 1.90. The molecular formula is C16H19N3O. The third-order valence-corrected chi connectivity index (χ3v) is 3.58. The quantitative estimate of drug-likeness (QED) is 0.851. The fourth-order valence-electron chi connectivity index (χ4n) is 2.55. The van der Waals surface area contributed by atoms with Gasteiger partial charge in [0.2, 0.25) is 0 Å². The van der Waals surface area contributed by atoms with Gasteiger partial charge >= 0.3 is 0 Å². The molecule has 0 bridgehead atoms. The highest BCUT2D eigenvalue weighted by molar-refractivity contribution is 5.69. The molecule has 1 saturated heterocycles. The Morgan fingerprint density at radius 3 is 2.65 bits per heavy atom. The summed E-state index contributed by atoms with van der Waals surface area (Å²) in [5, 5.41) is 0. The first-order valence-electron chi connectivity index (χ1n) is 6.89. The van der Waals surface area contributed by atoms with Crippen LogP contribution in [0.25, 0.3) is 11.1 Å². The van der Waals surface area contributed by atoms with Crippen molar-refractivity contribution in [1.29, 1.82) is 0 Å². The molecular weight excluding hydrogens is 250 g/mol. The zero-order valence-corrected chi connectivity index (χ0v) is 11.7. The highest BCUT2D eigenvalue weighted by atomic mass is 16.5. The van der Waals surface area contributed by atoms with Crippen LogP contribution in [0.5, 0.6) is 0 Å². The first kappa shape index (κ1) is 12.9. The largest absolute Gasteiger partial charge is 0.399 e. The van der Waals surface area contributed by atoms with E-state index in [-0.39, 0.29) is 0 Å². The normalized spacial score (nSPS) is 15.3. The number of hydrogen-bond donors (Lipinski definition) is 1. The second-order valence-electron chi connectivity index (χ2n) is 5.09. The van der Waals surface area contributed by atoms with Gasteiger partial charge in [0.25, 0.3) is 0 Å². The predicted molar refractivity (Wildman–Crippen MR) is 81.9 cm³/mol. The molecule has 0 spiro atoms. The number of ether oxygens (including phenoxy) is 1. The van der Waals surface area contributed by atoms with Crippen LogP contribution in [0.1, 0.15) is 5.56 Å². The topological polar surface area (TPSA) is 51.4 Å². The summed E-state index contributed by atoms with van der Waals surface area (Å²) in [4.78, 5) is 6.92. The van der Waals surface area contributed by atoms with Gasteiger partial charge in [0, 0.05) is 30.5 Å². The second kappa shape index (κ2) is 5.51. The molecule has 2 N–H and O–H groups in total. The number of rotatable bonds is 2. The van der Waals surface area contributed by atoms with E-state index in [9.17, 15) is 0 Å². The smallest absolute Gasteiger partial charge is 0.131 e. The van der Waals surface area contributed by atoms with Crippen molar-refractivity contribution in [2.24, 2.45) is 0 Å². The van der Waals surface area contributed by atoms with Crippen molar-refractivity contribution >= 4 is 11.5 Å². The zero-order valence-electron chi connectivity index (χ0n) is 11.7. The van der Waals surface area contributed by atoms with Gasteiger partial charge in [0.15, 0.2) is 0 Å². The van der Waals surface area contributed by atoms with E-state index in [1.165, 1.54) is 5.56 Å². The first-order chi connectivity index (χ1) is 9.74. The summed E-state index contributed by atoms with van der Waals surface area (Å²) in [7, 11) is 0. The summed E-state index contributed by atoms with van der Waals surface area (Å²) in [6.07, 6.45) is 1.92. The molecule has 1 aromatic heterocycles. The predicted octanol–water partition coefficient (Wildman–Crippen LogP) is 2.48. The van der Waals surface area contributed by atoms with Gasteiger partial charge in [0.05, 0.1) is 13.2 Å². The number of morpholine rings is 1. The second-order valence-corrected chi connectivity index (χ2v) is 5.09. The fraction of sp³-hybridized carbons (Fsp3) is 0.312. The highest BCUT2D eigenvalue weighted by Gasteiger charge is 2.15.